The van der Waals surface area contributed by atoms with Crippen LogP contribution in [0.15, 0.2) is 0 Å². The van der Waals surface area contributed by atoms with Crippen LogP contribution in [0.5, 0.6) is 0 Å². The predicted octanol–water partition coefficient (Wildman–Crippen LogP) is 3.00. The summed E-state index contributed by atoms with van der Waals surface area (Å²) in [7, 11) is 0. The third-order valence-electron chi connectivity index (χ3n) is 1.32. The molecule has 0 radical (unpaired) electrons. The molecule has 0 aliphatic rings. The number of thioether (sulfide) groups is 1. The summed E-state index contributed by atoms with van der Waals surface area (Å²) in [4.78, 5) is 0. The maximum Gasteiger partial charge on any atom is 0.0314 e. The summed E-state index contributed by atoms with van der Waals surface area (Å²) in [6, 6.07) is 0. The van der Waals surface area contributed by atoms with E-state index in [9.17, 15) is 0 Å². The molecule has 0 heterocycles. The van der Waals surface area contributed by atoms with Gasteiger partial charge in [-0.2, -0.15) is 11.8 Å². The van der Waals surface area contributed by atoms with Gasteiger partial charge < -0.3 is 0 Å². The number of rotatable bonds is 5. The highest BCUT2D eigenvalue weighted by molar-refractivity contribution is 7.99. The van der Waals surface area contributed by atoms with Gasteiger partial charge in [0.2, 0.25) is 0 Å². The fourth-order valence-electron chi connectivity index (χ4n) is 0.457. The molecule has 0 aliphatic heterocycles. The molecule has 56 valence electrons. The number of hydrogen-bond donors (Lipinski definition) is 0. The lowest BCUT2D eigenvalue weighted by Gasteiger charge is -2.05. The summed E-state index contributed by atoms with van der Waals surface area (Å²) in [5.74, 6) is 4.02. The molecule has 2 heteroatoms. The number of halogens is 1. The zero-order valence-corrected chi connectivity index (χ0v) is 7.76. The fourth-order valence-corrected chi connectivity index (χ4v) is 1.70. The van der Waals surface area contributed by atoms with Crippen molar-refractivity contribution in [2.75, 3.05) is 17.4 Å². The van der Waals surface area contributed by atoms with E-state index in [1.807, 2.05) is 11.8 Å². The summed E-state index contributed by atoms with van der Waals surface area (Å²) in [5.41, 5.74) is 0. The third kappa shape index (κ3) is 6.53. The highest BCUT2D eigenvalue weighted by Crippen LogP contribution is 2.10. The molecule has 0 aromatic heterocycles. The van der Waals surface area contributed by atoms with Crippen LogP contribution in [0.4, 0.5) is 0 Å². The van der Waals surface area contributed by atoms with E-state index in [0.717, 1.165) is 17.6 Å². The molecule has 1 unspecified atom stereocenters. The topological polar surface area (TPSA) is 0 Å². The van der Waals surface area contributed by atoms with Crippen molar-refractivity contribution >= 4 is 23.4 Å². The highest BCUT2D eigenvalue weighted by atomic mass is 35.5. The van der Waals surface area contributed by atoms with Gasteiger partial charge in [0.05, 0.1) is 0 Å². The van der Waals surface area contributed by atoms with Crippen LogP contribution in [0, 0.1) is 5.92 Å². The molecule has 0 aromatic carbocycles. The molecule has 0 nitrogen and oxygen atoms in total. The third-order valence-corrected chi connectivity index (χ3v) is 3.03. The smallest absolute Gasteiger partial charge is 0.0314 e. The van der Waals surface area contributed by atoms with Crippen molar-refractivity contribution in [3.8, 4) is 0 Å². The van der Waals surface area contributed by atoms with E-state index in [2.05, 4.69) is 13.8 Å². The van der Waals surface area contributed by atoms with Gasteiger partial charge >= 0.3 is 0 Å². The molecule has 0 amide bonds. The lowest BCUT2D eigenvalue weighted by atomic mass is 10.2. The Morgan fingerprint density at radius 2 is 2.22 bits per heavy atom. The zero-order chi connectivity index (χ0) is 7.11. The fraction of sp³-hybridized carbons (Fsp3) is 1.00. The maximum absolute atomic E-state index is 5.51. The quantitative estimate of drug-likeness (QED) is 0.447. The van der Waals surface area contributed by atoms with Crippen LogP contribution in [-0.2, 0) is 0 Å². The largest absolute Gasteiger partial charge is 0.160 e. The number of alkyl halides is 1. The van der Waals surface area contributed by atoms with E-state index in [1.165, 1.54) is 12.2 Å². The molecule has 0 saturated heterocycles. The molecule has 9 heavy (non-hydrogen) atoms. The van der Waals surface area contributed by atoms with Gasteiger partial charge in [-0.15, -0.1) is 11.6 Å². The molecule has 0 saturated carbocycles. The molecular weight excluding hydrogens is 152 g/mol. The van der Waals surface area contributed by atoms with E-state index >= 15 is 0 Å². The van der Waals surface area contributed by atoms with Crippen LogP contribution < -0.4 is 0 Å². The minimum atomic E-state index is 0.793. The van der Waals surface area contributed by atoms with Crippen molar-refractivity contribution in [1.82, 2.24) is 0 Å². The van der Waals surface area contributed by atoms with Crippen molar-refractivity contribution in [2.24, 2.45) is 5.92 Å². The Morgan fingerprint density at radius 1 is 1.56 bits per heavy atom. The molecule has 0 rings (SSSR count). The van der Waals surface area contributed by atoms with Gasteiger partial charge in [0, 0.05) is 11.6 Å². The summed E-state index contributed by atoms with van der Waals surface area (Å²) in [5, 5.41) is 0. The summed E-state index contributed by atoms with van der Waals surface area (Å²) >= 11 is 7.46. The summed E-state index contributed by atoms with van der Waals surface area (Å²) in [6.07, 6.45) is 1.29. The predicted molar refractivity (Wildman–Crippen MR) is 47.5 cm³/mol. The Balaban J connectivity index is 2.88. The van der Waals surface area contributed by atoms with Gasteiger partial charge in [-0.05, 0) is 11.7 Å². The first-order chi connectivity index (χ1) is 4.31. The normalized spacial score (nSPS) is 13.7. The molecule has 0 spiro atoms. The SMILES string of the molecule is CCC(C)CSCCCl. The second-order valence-electron chi connectivity index (χ2n) is 2.28. The first-order valence-electron chi connectivity index (χ1n) is 3.45. The van der Waals surface area contributed by atoms with E-state index in [-0.39, 0.29) is 0 Å². The number of hydrogen-bond acceptors (Lipinski definition) is 1. The van der Waals surface area contributed by atoms with Gasteiger partial charge in [-0.3, -0.25) is 0 Å². The Morgan fingerprint density at radius 3 is 2.67 bits per heavy atom. The van der Waals surface area contributed by atoms with E-state index < -0.39 is 0 Å². The monoisotopic (exact) mass is 166 g/mol. The minimum Gasteiger partial charge on any atom is -0.160 e. The van der Waals surface area contributed by atoms with Gasteiger partial charge in [0.25, 0.3) is 0 Å². The molecular formula is C7H15ClS. The highest BCUT2D eigenvalue weighted by Gasteiger charge is 1.96. The average Bonchev–Trinajstić information content (AvgIpc) is 1.89. The van der Waals surface area contributed by atoms with Gasteiger partial charge in [-0.1, -0.05) is 20.3 Å². The Kier molecular flexibility index (Phi) is 7.24. The van der Waals surface area contributed by atoms with Crippen molar-refractivity contribution in [3.63, 3.8) is 0 Å². The van der Waals surface area contributed by atoms with Crippen molar-refractivity contribution in [3.05, 3.63) is 0 Å². The van der Waals surface area contributed by atoms with E-state index in [4.69, 9.17) is 11.6 Å². The van der Waals surface area contributed by atoms with Crippen molar-refractivity contribution < 1.29 is 0 Å². The second-order valence-corrected chi connectivity index (χ2v) is 3.81. The summed E-state index contributed by atoms with van der Waals surface area (Å²) < 4.78 is 0. The lowest BCUT2D eigenvalue weighted by Crippen LogP contribution is -1.96. The molecule has 0 bridgehead atoms. The molecule has 0 aromatic rings. The van der Waals surface area contributed by atoms with Crippen LogP contribution in [0.3, 0.4) is 0 Å². The molecule has 1 atom stereocenters. The van der Waals surface area contributed by atoms with Crippen LogP contribution in [-0.4, -0.2) is 17.4 Å². The van der Waals surface area contributed by atoms with Gasteiger partial charge in [-0.25, -0.2) is 0 Å². The molecule has 0 fully saturated rings. The van der Waals surface area contributed by atoms with E-state index in [1.54, 1.807) is 0 Å². The maximum atomic E-state index is 5.51. The van der Waals surface area contributed by atoms with Crippen LogP contribution in [0.25, 0.3) is 0 Å². The Bertz CT molecular complexity index is 56.9. The first kappa shape index (κ1) is 9.64. The van der Waals surface area contributed by atoms with Crippen LogP contribution in [0.1, 0.15) is 20.3 Å². The van der Waals surface area contributed by atoms with E-state index in [0.29, 0.717) is 0 Å². The average molecular weight is 167 g/mol. The first-order valence-corrected chi connectivity index (χ1v) is 5.13. The van der Waals surface area contributed by atoms with Gasteiger partial charge in [0.1, 0.15) is 0 Å². The molecule has 0 N–H and O–H groups in total. The summed E-state index contributed by atoms with van der Waals surface area (Å²) in [6.45, 7) is 4.51. The Hall–Kier alpha value is 0.640. The van der Waals surface area contributed by atoms with Crippen molar-refractivity contribution in [2.45, 2.75) is 20.3 Å². The zero-order valence-electron chi connectivity index (χ0n) is 6.19. The van der Waals surface area contributed by atoms with Gasteiger partial charge in [0.15, 0.2) is 0 Å². The minimum absolute atomic E-state index is 0.793. The Labute approximate surface area is 67.4 Å². The molecule has 0 aliphatic carbocycles. The van der Waals surface area contributed by atoms with Crippen LogP contribution in [0.2, 0.25) is 0 Å². The standard InChI is InChI=1S/C7H15ClS/c1-3-7(2)6-9-5-4-8/h7H,3-6H2,1-2H3. The second kappa shape index (κ2) is 6.76. The van der Waals surface area contributed by atoms with Crippen molar-refractivity contribution in [1.29, 1.82) is 0 Å². The lowest BCUT2D eigenvalue weighted by molar-refractivity contribution is 0.637. The van der Waals surface area contributed by atoms with Crippen LogP contribution >= 0.6 is 23.4 Å².